The summed E-state index contributed by atoms with van der Waals surface area (Å²) in [5.74, 6) is 0.843. The Bertz CT molecular complexity index is 854. The van der Waals surface area contributed by atoms with E-state index in [9.17, 15) is 4.79 Å². The first-order valence-electron chi connectivity index (χ1n) is 8.55. The first-order chi connectivity index (χ1) is 12.6. The number of carbonyl (C=O) groups excluding carboxylic acids is 1. The minimum Gasteiger partial charge on any atom is -0.497 e. The molecule has 2 aromatic carbocycles. The number of methoxy groups -OCH3 is 1. The van der Waals surface area contributed by atoms with Gasteiger partial charge >= 0.3 is 0 Å². The summed E-state index contributed by atoms with van der Waals surface area (Å²) < 4.78 is 5.17. The number of hydrogen-bond acceptors (Lipinski definition) is 4. The van der Waals surface area contributed by atoms with Crippen molar-refractivity contribution in [3.8, 4) is 5.75 Å². The molecule has 0 aliphatic heterocycles. The molecule has 1 amide bonds. The van der Waals surface area contributed by atoms with Crippen molar-refractivity contribution in [2.75, 3.05) is 12.4 Å². The molecular formula is C21H22N2O2S. The van der Waals surface area contributed by atoms with Crippen LogP contribution in [0, 0.1) is 6.92 Å². The molecule has 134 valence electrons. The number of thiazole rings is 1. The van der Waals surface area contributed by atoms with E-state index in [1.165, 1.54) is 28.0 Å². The third-order valence-electron chi connectivity index (χ3n) is 4.10. The number of aromatic nitrogens is 1. The van der Waals surface area contributed by atoms with E-state index in [4.69, 9.17) is 4.74 Å². The lowest BCUT2D eigenvalue weighted by Crippen LogP contribution is -2.11. The lowest BCUT2D eigenvalue weighted by Gasteiger charge is -2.03. The molecule has 1 N–H and O–H groups in total. The van der Waals surface area contributed by atoms with Gasteiger partial charge in [-0.05, 0) is 36.6 Å². The minimum atomic E-state index is -0.00378. The molecule has 0 unspecified atom stereocenters. The van der Waals surface area contributed by atoms with Gasteiger partial charge in [-0.2, -0.15) is 0 Å². The highest BCUT2D eigenvalue weighted by molar-refractivity contribution is 7.15. The van der Waals surface area contributed by atoms with Crippen molar-refractivity contribution in [2.24, 2.45) is 0 Å². The van der Waals surface area contributed by atoms with E-state index < -0.39 is 0 Å². The minimum absolute atomic E-state index is 0.00378. The van der Waals surface area contributed by atoms with Gasteiger partial charge in [0.2, 0.25) is 5.91 Å². The number of anilines is 1. The maximum atomic E-state index is 12.1. The molecule has 26 heavy (non-hydrogen) atoms. The second-order valence-electron chi connectivity index (χ2n) is 6.19. The van der Waals surface area contributed by atoms with Gasteiger partial charge in [-0.25, -0.2) is 4.98 Å². The highest BCUT2D eigenvalue weighted by Crippen LogP contribution is 2.22. The highest BCUT2D eigenvalue weighted by Gasteiger charge is 2.08. The SMILES string of the molecule is COc1ccc(Cc2cnc(NC(=O)CCc3ccc(C)cc3)s2)cc1. The predicted molar refractivity (Wildman–Crippen MR) is 106 cm³/mol. The monoisotopic (exact) mass is 366 g/mol. The lowest BCUT2D eigenvalue weighted by molar-refractivity contribution is -0.116. The molecule has 4 nitrogen and oxygen atoms in total. The molecule has 3 rings (SSSR count). The average molecular weight is 366 g/mol. The molecule has 0 aliphatic carbocycles. The molecule has 1 aromatic heterocycles. The van der Waals surface area contributed by atoms with Crippen molar-refractivity contribution in [2.45, 2.75) is 26.2 Å². The van der Waals surface area contributed by atoms with Gasteiger partial charge in [0, 0.05) is 23.9 Å². The van der Waals surface area contributed by atoms with Crippen molar-refractivity contribution in [1.29, 1.82) is 0 Å². The first-order valence-corrected chi connectivity index (χ1v) is 9.37. The lowest BCUT2D eigenvalue weighted by atomic mass is 10.1. The van der Waals surface area contributed by atoms with Gasteiger partial charge in [0.05, 0.1) is 7.11 Å². The second-order valence-corrected chi connectivity index (χ2v) is 7.31. The fraction of sp³-hybridized carbons (Fsp3) is 0.238. The van der Waals surface area contributed by atoms with Gasteiger partial charge in [0.15, 0.2) is 5.13 Å². The Morgan fingerprint density at radius 2 is 1.77 bits per heavy atom. The van der Waals surface area contributed by atoms with Crippen LogP contribution in [0.1, 0.15) is 28.0 Å². The summed E-state index contributed by atoms with van der Waals surface area (Å²) in [6.45, 7) is 2.06. The van der Waals surface area contributed by atoms with Gasteiger partial charge in [0.25, 0.3) is 0 Å². The van der Waals surface area contributed by atoms with Crippen molar-refractivity contribution in [3.05, 3.63) is 76.3 Å². The van der Waals surface area contributed by atoms with E-state index in [1.54, 1.807) is 7.11 Å². The third kappa shape index (κ3) is 5.17. The summed E-state index contributed by atoms with van der Waals surface area (Å²) in [5, 5.41) is 3.55. The van der Waals surface area contributed by atoms with Crippen LogP contribution in [0.4, 0.5) is 5.13 Å². The summed E-state index contributed by atoms with van der Waals surface area (Å²) in [6.07, 6.45) is 3.80. The number of carbonyl (C=O) groups is 1. The molecular weight excluding hydrogens is 344 g/mol. The van der Waals surface area contributed by atoms with Crippen LogP contribution >= 0.6 is 11.3 Å². The summed E-state index contributed by atoms with van der Waals surface area (Å²) in [6, 6.07) is 16.3. The first kappa shape index (κ1) is 18.1. The number of rotatable bonds is 7. The van der Waals surface area contributed by atoms with Crippen molar-refractivity contribution in [1.82, 2.24) is 4.98 Å². The van der Waals surface area contributed by atoms with Crippen molar-refractivity contribution in [3.63, 3.8) is 0 Å². The molecule has 0 atom stereocenters. The number of benzene rings is 2. The van der Waals surface area contributed by atoms with E-state index in [0.717, 1.165) is 23.5 Å². The van der Waals surface area contributed by atoms with Gasteiger partial charge in [-0.1, -0.05) is 42.0 Å². The van der Waals surface area contributed by atoms with Gasteiger partial charge in [-0.3, -0.25) is 4.79 Å². The highest BCUT2D eigenvalue weighted by atomic mass is 32.1. The van der Waals surface area contributed by atoms with Crippen molar-refractivity contribution >= 4 is 22.4 Å². The number of nitrogens with one attached hydrogen (secondary N) is 1. The zero-order valence-corrected chi connectivity index (χ0v) is 15.8. The Morgan fingerprint density at radius 1 is 1.08 bits per heavy atom. The Kier molecular flexibility index (Phi) is 6.02. The van der Waals surface area contributed by atoms with Crippen LogP contribution in [0.5, 0.6) is 5.75 Å². The Labute approximate surface area is 157 Å². The smallest absolute Gasteiger partial charge is 0.226 e. The zero-order valence-electron chi connectivity index (χ0n) is 15.0. The Hall–Kier alpha value is -2.66. The van der Waals surface area contributed by atoms with Crippen LogP contribution in [-0.2, 0) is 17.6 Å². The van der Waals surface area contributed by atoms with Gasteiger partial charge in [-0.15, -0.1) is 11.3 Å². The average Bonchev–Trinajstić information content (AvgIpc) is 3.08. The third-order valence-corrected chi connectivity index (χ3v) is 5.01. The largest absolute Gasteiger partial charge is 0.497 e. The molecule has 0 radical (unpaired) electrons. The van der Waals surface area contributed by atoms with E-state index in [-0.39, 0.29) is 5.91 Å². The molecule has 0 saturated carbocycles. The molecule has 1 heterocycles. The summed E-state index contributed by atoms with van der Waals surface area (Å²) in [4.78, 5) is 17.6. The van der Waals surface area contributed by atoms with Crippen LogP contribution in [0.25, 0.3) is 0 Å². The normalized spacial score (nSPS) is 10.5. The molecule has 5 heteroatoms. The molecule has 0 saturated heterocycles. The van der Waals surface area contributed by atoms with Gasteiger partial charge in [0.1, 0.15) is 5.75 Å². The maximum Gasteiger partial charge on any atom is 0.226 e. The van der Waals surface area contributed by atoms with E-state index in [2.05, 4.69) is 41.5 Å². The number of nitrogens with zero attached hydrogens (tertiary/aromatic N) is 1. The predicted octanol–water partition coefficient (Wildman–Crippen LogP) is 4.62. The van der Waals surface area contributed by atoms with E-state index in [1.807, 2.05) is 30.5 Å². The molecule has 0 spiro atoms. The fourth-order valence-electron chi connectivity index (χ4n) is 2.59. The Morgan fingerprint density at radius 3 is 2.46 bits per heavy atom. The second kappa shape index (κ2) is 8.63. The summed E-state index contributed by atoms with van der Waals surface area (Å²) >= 11 is 1.52. The van der Waals surface area contributed by atoms with Crippen LogP contribution in [-0.4, -0.2) is 18.0 Å². The van der Waals surface area contributed by atoms with Crippen LogP contribution < -0.4 is 10.1 Å². The molecule has 0 fully saturated rings. The standard InChI is InChI=1S/C21H22N2O2S/c1-15-3-5-16(6-4-15)9-12-20(24)23-21-22-14-19(26-21)13-17-7-10-18(25-2)11-8-17/h3-8,10-11,14H,9,12-13H2,1-2H3,(H,22,23,24). The zero-order chi connectivity index (χ0) is 18.4. The van der Waals surface area contributed by atoms with Crippen LogP contribution in [0.3, 0.4) is 0 Å². The summed E-state index contributed by atoms with van der Waals surface area (Å²) in [7, 11) is 1.66. The maximum absolute atomic E-state index is 12.1. The fourth-order valence-corrected chi connectivity index (χ4v) is 3.45. The van der Waals surface area contributed by atoms with Gasteiger partial charge < -0.3 is 10.1 Å². The Balaban J connectivity index is 1.50. The molecule has 0 aliphatic rings. The van der Waals surface area contributed by atoms with Crippen molar-refractivity contribution < 1.29 is 9.53 Å². The molecule has 3 aromatic rings. The van der Waals surface area contributed by atoms with Crippen LogP contribution in [0.15, 0.2) is 54.7 Å². The summed E-state index contributed by atoms with van der Waals surface area (Å²) in [5.41, 5.74) is 3.59. The topological polar surface area (TPSA) is 51.2 Å². The quantitative estimate of drug-likeness (QED) is 0.664. The number of ether oxygens (including phenoxy) is 1. The molecule has 0 bridgehead atoms. The van der Waals surface area contributed by atoms with Crippen LogP contribution in [0.2, 0.25) is 0 Å². The van der Waals surface area contributed by atoms with E-state index in [0.29, 0.717) is 11.6 Å². The number of hydrogen-bond donors (Lipinski definition) is 1. The number of aryl methyl sites for hydroxylation is 2. The van der Waals surface area contributed by atoms with E-state index >= 15 is 0 Å². The number of amides is 1.